The highest BCUT2D eigenvalue weighted by Crippen LogP contribution is 2.15. The van der Waals surface area contributed by atoms with Crippen LogP contribution in [-0.2, 0) is 9.53 Å². The van der Waals surface area contributed by atoms with Crippen molar-refractivity contribution in [1.82, 2.24) is 9.55 Å². The maximum absolute atomic E-state index is 10.9. The predicted octanol–water partition coefficient (Wildman–Crippen LogP) is 3.31. The van der Waals surface area contributed by atoms with E-state index in [1.807, 2.05) is 18.7 Å². The molecule has 0 spiro atoms. The summed E-state index contributed by atoms with van der Waals surface area (Å²) in [5.74, 6) is -1.35. The van der Waals surface area contributed by atoms with E-state index in [1.165, 1.54) is 12.8 Å². The molecule has 1 aromatic heterocycles. The third kappa shape index (κ3) is 8.60. The summed E-state index contributed by atoms with van der Waals surface area (Å²) in [5.41, 5.74) is 0. The van der Waals surface area contributed by atoms with Gasteiger partial charge in [-0.05, 0) is 13.3 Å². The number of hydrogen-bond donors (Lipinski definition) is 0. The summed E-state index contributed by atoms with van der Waals surface area (Å²) in [6.45, 7) is 5.10. The van der Waals surface area contributed by atoms with Crippen LogP contribution in [0, 0.1) is 0 Å². The maximum Gasteiger partial charge on any atom is 0.575 e. The number of hydrogen-bond acceptors (Lipinski definition) is 3. The third-order valence-corrected chi connectivity index (χ3v) is 2.00. The fourth-order valence-corrected chi connectivity index (χ4v) is 1.26. The van der Waals surface area contributed by atoms with Gasteiger partial charge in [0, 0.05) is 25.4 Å². The van der Waals surface area contributed by atoms with Crippen molar-refractivity contribution < 1.29 is 22.7 Å². The summed E-state index contributed by atoms with van der Waals surface area (Å²) in [6.07, 6.45) is 3.36. The zero-order valence-electron chi connectivity index (χ0n) is 10.6. The van der Waals surface area contributed by atoms with Crippen LogP contribution in [0.4, 0.5) is 13.2 Å². The zero-order valence-corrected chi connectivity index (χ0v) is 10.6. The lowest BCUT2D eigenvalue weighted by molar-refractivity contribution is -0.304. The van der Waals surface area contributed by atoms with E-state index in [0.717, 1.165) is 0 Å². The van der Waals surface area contributed by atoms with Crippen LogP contribution in [0.1, 0.15) is 39.7 Å². The Morgan fingerprint density at radius 2 is 2.11 bits per heavy atom. The van der Waals surface area contributed by atoms with Crippen LogP contribution in [0.5, 0.6) is 0 Å². The number of aromatic nitrogens is 2. The first-order valence-corrected chi connectivity index (χ1v) is 5.50. The van der Waals surface area contributed by atoms with Gasteiger partial charge in [0.1, 0.15) is 0 Å². The SMILES string of the molecule is CC(=O)OC(F)(F)F.CCCC(C)n1ccnc1. The van der Waals surface area contributed by atoms with Crippen molar-refractivity contribution in [2.75, 3.05) is 0 Å². The average Bonchev–Trinajstić information content (AvgIpc) is 2.67. The van der Waals surface area contributed by atoms with Crippen molar-refractivity contribution in [2.24, 2.45) is 0 Å². The molecule has 0 aromatic carbocycles. The van der Waals surface area contributed by atoms with E-state index in [2.05, 4.69) is 28.1 Å². The number of nitrogens with zero attached hydrogens (tertiary/aromatic N) is 2. The van der Waals surface area contributed by atoms with Crippen LogP contribution in [0.25, 0.3) is 0 Å². The monoisotopic (exact) mass is 266 g/mol. The zero-order chi connectivity index (χ0) is 14.2. The lowest BCUT2D eigenvalue weighted by Gasteiger charge is -2.10. The minimum absolute atomic E-state index is 0.604. The Balaban J connectivity index is 0.000000331. The molecule has 1 unspecified atom stereocenters. The summed E-state index contributed by atoms with van der Waals surface area (Å²) in [6, 6.07) is 0.604. The molecule has 0 N–H and O–H groups in total. The smallest absolute Gasteiger partial charge is 0.373 e. The first-order valence-electron chi connectivity index (χ1n) is 5.50. The largest absolute Gasteiger partial charge is 0.575 e. The Morgan fingerprint density at radius 1 is 1.50 bits per heavy atom. The Labute approximate surface area is 104 Å². The Morgan fingerprint density at radius 3 is 2.39 bits per heavy atom. The van der Waals surface area contributed by atoms with Crippen LogP contribution in [0.3, 0.4) is 0 Å². The van der Waals surface area contributed by atoms with Crippen LogP contribution in [0.2, 0.25) is 0 Å². The number of imidazole rings is 1. The Kier molecular flexibility index (Phi) is 7.07. The number of carbonyl (C=O) groups is 1. The molecule has 0 radical (unpaired) electrons. The average molecular weight is 266 g/mol. The first kappa shape index (κ1) is 16.5. The molecule has 0 amide bonds. The van der Waals surface area contributed by atoms with Gasteiger partial charge in [0.25, 0.3) is 0 Å². The highest BCUT2D eigenvalue weighted by atomic mass is 19.4. The predicted molar refractivity (Wildman–Crippen MR) is 59.7 cm³/mol. The van der Waals surface area contributed by atoms with Crippen LogP contribution >= 0.6 is 0 Å². The van der Waals surface area contributed by atoms with E-state index < -0.39 is 12.3 Å². The van der Waals surface area contributed by atoms with Crippen LogP contribution < -0.4 is 0 Å². The van der Waals surface area contributed by atoms with E-state index in [0.29, 0.717) is 13.0 Å². The van der Waals surface area contributed by atoms with Crippen LogP contribution in [-0.4, -0.2) is 21.9 Å². The van der Waals surface area contributed by atoms with Gasteiger partial charge in [0.15, 0.2) is 0 Å². The number of esters is 1. The minimum atomic E-state index is -4.83. The number of alkyl halides is 3. The summed E-state index contributed by atoms with van der Waals surface area (Å²) >= 11 is 0. The van der Waals surface area contributed by atoms with Crippen molar-refractivity contribution in [1.29, 1.82) is 0 Å². The van der Waals surface area contributed by atoms with Crippen molar-refractivity contribution in [3.63, 3.8) is 0 Å². The number of halogens is 3. The third-order valence-electron chi connectivity index (χ3n) is 2.00. The second-order valence-corrected chi connectivity index (χ2v) is 3.69. The minimum Gasteiger partial charge on any atom is -0.373 e. The van der Waals surface area contributed by atoms with E-state index in [1.54, 1.807) is 0 Å². The van der Waals surface area contributed by atoms with E-state index >= 15 is 0 Å². The molecule has 0 bridgehead atoms. The molecular weight excluding hydrogens is 249 g/mol. The topological polar surface area (TPSA) is 44.1 Å². The standard InChI is InChI=1S/C8H14N2.C3H3F3O2/c1-3-4-8(2)10-6-5-9-7-10;1-2(7)8-3(4,5)6/h5-8H,3-4H2,1-2H3;1H3. The van der Waals surface area contributed by atoms with Gasteiger partial charge >= 0.3 is 12.3 Å². The molecule has 0 aliphatic heterocycles. The lowest BCUT2D eigenvalue weighted by atomic mass is 10.2. The van der Waals surface area contributed by atoms with Gasteiger partial charge < -0.3 is 9.30 Å². The summed E-state index contributed by atoms with van der Waals surface area (Å²) < 4.78 is 37.5. The summed E-state index contributed by atoms with van der Waals surface area (Å²) in [4.78, 5) is 13.5. The van der Waals surface area contributed by atoms with Gasteiger partial charge in [-0.15, -0.1) is 13.2 Å². The van der Waals surface area contributed by atoms with Crippen molar-refractivity contribution in [2.45, 2.75) is 46.0 Å². The molecule has 1 rings (SSSR count). The van der Waals surface area contributed by atoms with Gasteiger partial charge in [-0.2, -0.15) is 0 Å². The molecule has 1 atom stereocenters. The molecule has 4 nitrogen and oxygen atoms in total. The first-order chi connectivity index (χ1) is 8.26. The maximum atomic E-state index is 10.9. The number of ether oxygens (including phenoxy) is 1. The van der Waals surface area contributed by atoms with Crippen molar-refractivity contribution in [3.8, 4) is 0 Å². The van der Waals surface area contributed by atoms with Gasteiger partial charge in [-0.1, -0.05) is 13.3 Å². The van der Waals surface area contributed by atoms with E-state index in [-0.39, 0.29) is 0 Å². The van der Waals surface area contributed by atoms with Crippen LogP contribution in [0.15, 0.2) is 18.7 Å². The second-order valence-electron chi connectivity index (χ2n) is 3.69. The summed E-state index contributed by atoms with van der Waals surface area (Å²) in [5, 5.41) is 0. The highest BCUT2D eigenvalue weighted by molar-refractivity contribution is 5.66. The quantitative estimate of drug-likeness (QED) is 0.788. The highest BCUT2D eigenvalue weighted by Gasteiger charge is 2.32. The second kappa shape index (κ2) is 7.73. The molecule has 104 valence electrons. The molecule has 0 aliphatic rings. The normalized spacial score (nSPS) is 12.3. The fraction of sp³-hybridized carbons (Fsp3) is 0.636. The van der Waals surface area contributed by atoms with Gasteiger partial charge in [0.05, 0.1) is 6.33 Å². The lowest BCUT2D eigenvalue weighted by Crippen LogP contribution is -2.16. The molecule has 0 fully saturated rings. The molecule has 1 aromatic rings. The molecule has 0 saturated heterocycles. The molecule has 0 saturated carbocycles. The molecular formula is C11H17F3N2O2. The van der Waals surface area contributed by atoms with E-state index in [4.69, 9.17) is 0 Å². The van der Waals surface area contributed by atoms with Gasteiger partial charge in [-0.25, -0.2) is 4.98 Å². The molecule has 0 aliphatic carbocycles. The Hall–Kier alpha value is -1.53. The van der Waals surface area contributed by atoms with Gasteiger partial charge in [-0.3, -0.25) is 4.79 Å². The van der Waals surface area contributed by atoms with Crippen molar-refractivity contribution in [3.05, 3.63) is 18.7 Å². The number of carbonyl (C=O) groups excluding carboxylic acids is 1. The summed E-state index contributed by atoms with van der Waals surface area (Å²) in [7, 11) is 0. The molecule has 1 heterocycles. The van der Waals surface area contributed by atoms with E-state index in [9.17, 15) is 18.0 Å². The van der Waals surface area contributed by atoms with Gasteiger partial charge in [0.2, 0.25) is 0 Å². The van der Waals surface area contributed by atoms with Crippen molar-refractivity contribution >= 4 is 5.97 Å². The number of rotatable bonds is 3. The molecule has 18 heavy (non-hydrogen) atoms. The fourth-order valence-electron chi connectivity index (χ4n) is 1.26. The Bertz CT molecular complexity index is 337. The molecule has 7 heteroatoms.